The highest BCUT2D eigenvalue weighted by molar-refractivity contribution is 5.78. The van der Waals surface area contributed by atoms with Crippen LogP contribution in [0.3, 0.4) is 0 Å². The molecule has 1 aromatic carbocycles. The number of fused-ring (bicyclic) bond motifs is 1. The number of aromatic nitrogens is 3. The molecular weight excluding hydrogens is 356 g/mol. The second-order valence-electron chi connectivity index (χ2n) is 7.33. The van der Waals surface area contributed by atoms with Crippen molar-refractivity contribution in [2.75, 3.05) is 6.54 Å². The quantitative estimate of drug-likeness (QED) is 0.712. The number of carbonyl (C=O) groups is 1. The van der Waals surface area contributed by atoms with Crippen LogP contribution in [0.5, 0.6) is 5.75 Å². The Hall–Kier alpha value is -3.09. The zero-order chi connectivity index (χ0) is 19.7. The van der Waals surface area contributed by atoms with Crippen LogP contribution < -0.4 is 5.56 Å². The molecule has 1 saturated heterocycles. The number of pyridine rings is 1. The van der Waals surface area contributed by atoms with Crippen LogP contribution in [0.4, 0.5) is 0 Å². The van der Waals surface area contributed by atoms with E-state index in [-0.39, 0.29) is 23.3 Å². The van der Waals surface area contributed by atoms with Gasteiger partial charge < -0.3 is 19.6 Å². The predicted octanol–water partition coefficient (Wildman–Crippen LogP) is 2.88. The summed E-state index contributed by atoms with van der Waals surface area (Å²) < 4.78 is 1.59. The van der Waals surface area contributed by atoms with Crippen LogP contribution in [0, 0.1) is 6.92 Å². The van der Waals surface area contributed by atoms with E-state index >= 15 is 0 Å². The van der Waals surface area contributed by atoms with Crippen LogP contribution in [0.2, 0.25) is 0 Å². The molecule has 0 bridgehead atoms. The molecule has 146 valence electrons. The fourth-order valence-electron chi connectivity index (χ4n) is 4.01. The number of aryl methyl sites for hydroxylation is 1. The number of H-pyrrole nitrogens is 1. The molecule has 1 fully saturated rings. The highest BCUT2D eigenvalue weighted by Crippen LogP contribution is 2.32. The number of rotatable bonds is 5. The van der Waals surface area contributed by atoms with Crippen molar-refractivity contribution >= 4 is 16.9 Å². The van der Waals surface area contributed by atoms with E-state index in [9.17, 15) is 14.7 Å². The monoisotopic (exact) mass is 380 g/mol. The molecule has 7 heteroatoms. The lowest BCUT2D eigenvalue weighted by atomic mass is 10.2. The maximum atomic E-state index is 12.8. The van der Waals surface area contributed by atoms with E-state index in [0.29, 0.717) is 25.1 Å². The van der Waals surface area contributed by atoms with Crippen molar-refractivity contribution in [2.24, 2.45) is 0 Å². The largest absolute Gasteiger partial charge is 0.508 e. The normalized spacial score (nSPS) is 16.8. The molecule has 0 aliphatic carbocycles. The Labute approximate surface area is 162 Å². The molecule has 0 spiro atoms. The first kappa shape index (κ1) is 18.3. The summed E-state index contributed by atoms with van der Waals surface area (Å²) >= 11 is 0. The predicted molar refractivity (Wildman–Crippen MR) is 106 cm³/mol. The van der Waals surface area contributed by atoms with Crippen LogP contribution in [-0.2, 0) is 11.3 Å². The summed E-state index contributed by atoms with van der Waals surface area (Å²) in [6.45, 7) is 2.97. The number of aromatic amines is 1. The summed E-state index contributed by atoms with van der Waals surface area (Å²) in [5.41, 5.74) is 2.35. The third-order valence-corrected chi connectivity index (χ3v) is 5.39. The summed E-state index contributed by atoms with van der Waals surface area (Å²) in [7, 11) is 0. The average Bonchev–Trinajstić information content (AvgIpc) is 3.29. The lowest BCUT2D eigenvalue weighted by molar-refractivity contribution is -0.132. The van der Waals surface area contributed by atoms with Gasteiger partial charge in [-0.25, -0.2) is 4.98 Å². The van der Waals surface area contributed by atoms with Gasteiger partial charge in [0.25, 0.3) is 5.56 Å². The van der Waals surface area contributed by atoms with Crippen molar-refractivity contribution in [2.45, 2.75) is 45.2 Å². The van der Waals surface area contributed by atoms with E-state index < -0.39 is 0 Å². The van der Waals surface area contributed by atoms with Gasteiger partial charge in [-0.15, -0.1) is 0 Å². The molecule has 1 amide bonds. The number of likely N-dealkylation sites (tertiary alicyclic amines) is 1. The Bertz CT molecular complexity index is 1040. The van der Waals surface area contributed by atoms with Crippen molar-refractivity contribution in [3.05, 3.63) is 58.3 Å². The Balaban J connectivity index is 1.42. The minimum absolute atomic E-state index is 0.0157. The number of imidazole rings is 1. The van der Waals surface area contributed by atoms with Crippen LogP contribution in [0.25, 0.3) is 11.0 Å². The van der Waals surface area contributed by atoms with Gasteiger partial charge >= 0.3 is 0 Å². The minimum Gasteiger partial charge on any atom is -0.508 e. The first-order chi connectivity index (χ1) is 13.5. The molecule has 1 aliphatic heterocycles. The fourth-order valence-corrected chi connectivity index (χ4v) is 4.01. The number of amides is 1. The summed E-state index contributed by atoms with van der Waals surface area (Å²) in [5, 5.41) is 9.48. The molecule has 2 N–H and O–H groups in total. The molecule has 1 aliphatic rings. The van der Waals surface area contributed by atoms with E-state index in [1.54, 1.807) is 17.6 Å². The number of hydrogen-bond acceptors (Lipinski definition) is 4. The van der Waals surface area contributed by atoms with Crippen molar-refractivity contribution in [1.82, 2.24) is 19.4 Å². The number of hydrogen-bond donors (Lipinski definition) is 2. The van der Waals surface area contributed by atoms with Gasteiger partial charge in [0.05, 0.1) is 17.1 Å². The second-order valence-corrected chi connectivity index (χ2v) is 7.33. The summed E-state index contributed by atoms with van der Waals surface area (Å²) in [6, 6.07) is 10.6. The van der Waals surface area contributed by atoms with Gasteiger partial charge in [0.1, 0.15) is 11.6 Å². The Morgan fingerprint density at radius 3 is 2.93 bits per heavy atom. The topological polar surface area (TPSA) is 91.2 Å². The molecule has 1 atom stereocenters. The highest BCUT2D eigenvalue weighted by atomic mass is 16.3. The Kier molecular flexibility index (Phi) is 4.90. The molecule has 0 radical (unpaired) electrons. The lowest BCUT2D eigenvalue weighted by Crippen LogP contribution is -2.31. The average molecular weight is 380 g/mol. The zero-order valence-electron chi connectivity index (χ0n) is 15.9. The molecule has 28 heavy (non-hydrogen) atoms. The molecule has 0 unspecified atom stereocenters. The molecule has 7 nitrogen and oxygen atoms in total. The molecule has 4 rings (SSSR count). The third kappa shape index (κ3) is 3.52. The van der Waals surface area contributed by atoms with Crippen LogP contribution in [0.1, 0.15) is 43.2 Å². The summed E-state index contributed by atoms with van der Waals surface area (Å²) in [5.74, 6) is 0.908. The van der Waals surface area contributed by atoms with E-state index in [0.717, 1.165) is 36.2 Å². The fraction of sp³-hybridized carbons (Fsp3) is 0.381. The number of nitrogens with one attached hydrogen (secondary N) is 1. The highest BCUT2D eigenvalue weighted by Gasteiger charge is 2.31. The minimum atomic E-state index is -0.244. The summed E-state index contributed by atoms with van der Waals surface area (Å²) in [4.78, 5) is 34.8. The molecule has 3 aromatic rings. The Morgan fingerprint density at radius 2 is 2.14 bits per heavy atom. The first-order valence-electron chi connectivity index (χ1n) is 9.67. The first-order valence-corrected chi connectivity index (χ1v) is 9.67. The number of carbonyl (C=O) groups excluding carboxylic acids is 1. The van der Waals surface area contributed by atoms with Crippen molar-refractivity contribution in [3.8, 4) is 5.75 Å². The van der Waals surface area contributed by atoms with Crippen molar-refractivity contribution in [1.29, 1.82) is 0 Å². The summed E-state index contributed by atoms with van der Waals surface area (Å²) in [6.07, 6.45) is 2.82. The smallest absolute Gasteiger partial charge is 0.254 e. The van der Waals surface area contributed by atoms with Gasteiger partial charge in [-0.05, 0) is 44.4 Å². The second kappa shape index (κ2) is 7.50. The number of aromatic hydroxyl groups is 1. The maximum Gasteiger partial charge on any atom is 0.254 e. The molecule has 3 heterocycles. The van der Waals surface area contributed by atoms with E-state index in [2.05, 4.69) is 9.97 Å². The van der Waals surface area contributed by atoms with Crippen LogP contribution in [0.15, 0.2) is 41.2 Å². The molecule has 2 aromatic heterocycles. The zero-order valence-corrected chi connectivity index (χ0v) is 15.9. The number of benzene rings is 1. The van der Waals surface area contributed by atoms with E-state index in [4.69, 9.17) is 0 Å². The van der Waals surface area contributed by atoms with E-state index in [1.165, 1.54) is 6.07 Å². The van der Waals surface area contributed by atoms with Crippen molar-refractivity contribution < 1.29 is 9.90 Å². The Morgan fingerprint density at radius 1 is 1.32 bits per heavy atom. The molecule has 0 saturated carbocycles. The lowest BCUT2D eigenvalue weighted by Gasteiger charge is -2.23. The van der Waals surface area contributed by atoms with Gasteiger partial charge in [0.15, 0.2) is 0 Å². The number of nitrogens with zero attached hydrogens (tertiary/aromatic N) is 3. The third-order valence-electron chi connectivity index (χ3n) is 5.39. The van der Waals surface area contributed by atoms with Crippen LogP contribution in [-0.4, -0.2) is 37.0 Å². The van der Waals surface area contributed by atoms with Gasteiger partial charge in [0, 0.05) is 31.3 Å². The standard InChI is InChI=1S/C21H24N4O3/c1-14-12-15(26)13-20(28)24(14)10-5-9-19(27)25-11-4-8-18(25)21-22-16-6-2-3-7-17(16)23-21/h2-3,6-7,12-13,18,26H,4-5,8-11H2,1H3,(H,22,23)/t18-/m1/s1. The molecular formula is C21H24N4O3. The van der Waals surface area contributed by atoms with Gasteiger partial charge in [-0.3, -0.25) is 9.59 Å². The van der Waals surface area contributed by atoms with Gasteiger partial charge in [0.2, 0.25) is 5.91 Å². The van der Waals surface area contributed by atoms with Crippen LogP contribution >= 0.6 is 0 Å². The van der Waals surface area contributed by atoms with E-state index in [1.807, 2.05) is 29.2 Å². The SMILES string of the molecule is Cc1cc(O)cc(=O)n1CCCC(=O)N1CCC[C@@H]1c1nc2ccccc2[nH]1. The van der Waals surface area contributed by atoms with Gasteiger partial charge in [-0.2, -0.15) is 0 Å². The number of para-hydroxylation sites is 2. The maximum absolute atomic E-state index is 12.8. The van der Waals surface area contributed by atoms with Gasteiger partial charge in [-0.1, -0.05) is 12.1 Å². The van der Waals surface area contributed by atoms with Crippen molar-refractivity contribution in [3.63, 3.8) is 0 Å².